The summed E-state index contributed by atoms with van der Waals surface area (Å²) in [7, 11) is 1.31. The number of nitro benzene ring substituents is 1. The van der Waals surface area contributed by atoms with Crippen molar-refractivity contribution < 1.29 is 23.6 Å². The first kappa shape index (κ1) is 18.8. The van der Waals surface area contributed by atoms with Gasteiger partial charge in [0.05, 0.1) is 23.8 Å². The highest BCUT2D eigenvalue weighted by atomic mass is 19.1. The molecule has 1 aromatic carbocycles. The molecule has 1 heterocycles. The highest BCUT2D eigenvalue weighted by molar-refractivity contribution is 5.69. The van der Waals surface area contributed by atoms with Gasteiger partial charge in [-0.15, -0.1) is 0 Å². The average molecular weight is 355 g/mol. The number of benzene rings is 1. The van der Waals surface area contributed by atoms with Crippen LogP contribution < -0.4 is 9.64 Å². The summed E-state index contributed by atoms with van der Waals surface area (Å²) in [5.74, 6) is -0.836. The highest BCUT2D eigenvalue weighted by Crippen LogP contribution is 2.35. The van der Waals surface area contributed by atoms with Gasteiger partial charge in [0.15, 0.2) is 11.6 Å². The summed E-state index contributed by atoms with van der Waals surface area (Å²) < 4.78 is 24.5. The average Bonchev–Trinajstić information content (AvgIpc) is 2.52. The van der Waals surface area contributed by atoms with Crippen LogP contribution in [0.5, 0.6) is 5.75 Å². The Hall–Kier alpha value is -2.58. The van der Waals surface area contributed by atoms with E-state index in [9.17, 15) is 19.3 Å². The van der Waals surface area contributed by atoms with Gasteiger partial charge in [-0.05, 0) is 20.8 Å². The van der Waals surface area contributed by atoms with Crippen molar-refractivity contribution in [3.05, 3.63) is 28.1 Å². The molecule has 1 saturated heterocycles. The van der Waals surface area contributed by atoms with E-state index < -0.39 is 22.4 Å². The first-order chi connectivity index (χ1) is 11.6. The Morgan fingerprint density at radius 3 is 2.32 bits per heavy atom. The standard InChI is InChI=1S/C16H22FN3O5/c1-16(2,3)25-15(21)19-7-5-18(6-8-19)13-10-11(20(22)23)9-12(17)14(13)24-4/h9-10H,5-8H2,1-4H3. The molecule has 1 aliphatic heterocycles. The third-order valence-corrected chi connectivity index (χ3v) is 3.70. The zero-order chi connectivity index (χ0) is 18.8. The molecule has 0 aliphatic carbocycles. The minimum Gasteiger partial charge on any atom is -0.492 e. The van der Waals surface area contributed by atoms with E-state index in [0.717, 1.165) is 6.07 Å². The van der Waals surface area contributed by atoms with Gasteiger partial charge in [0.25, 0.3) is 5.69 Å². The molecule has 0 spiro atoms. The van der Waals surface area contributed by atoms with Gasteiger partial charge in [0.2, 0.25) is 0 Å². The number of nitro groups is 1. The molecular weight excluding hydrogens is 333 g/mol. The molecule has 0 unspecified atom stereocenters. The number of carbonyl (C=O) groups is 1. The number of amides is 1. The smallest absolute Gasteiger partial charge is 0.410 e. The third kappa shape index (κ3) is 4.49. The lowest BCUT2D eigenvalue weighted by Gasteiger charge is -2.37. The van der Waals surface area contributed by atoms with E-state index in [-0.39, 0.29) is 11.4 Å². The molecule has 1 fully saturated rings. The van der Waals surface area contributed by atoms with Gasteiger partial charge in [0.1, 0.15) is 5.60 Å². The second-order valence-corrected chi connectivity index (χ2v) is 6.69. The van der Waals surface area contributed by atoms with Crippen molar-refractivity contribution in [1.82, 2.24) is 4.90 Å². The van der Waals surface area contributed by atoms with Crippen LogP contribution in [-0.4, -0.2) is 54.8 Å². The van der Waals surface area contributed by atoms with E-state index in [1.54, 1.807) is 30.6 Å². The maximum Gasteiger partial charge on any atom is 0.410 e. The number of methoxy groups -OCH3 is 1. The van der Waals surface area contributed by atoms with E-state index in [1.165, 1.54) is 13.2 Å². The van der Waals surface area contributed by atoms with Crippen LogP contribution in [0.3, 0.4) is 0 Å². The number of hydrogen-bond acceptors (Lipinski definition) is 6. The Kier molecular flexibility index (Phi) is 5.34. The van der Waals surface area contributed by atoms with E-state index in [4.69, 9.17) is 9.47 Å². The molecule has 9 heteroatoms. The van der Waals surface area contributed by atoms with E-state index >= 15 is 0 Å². The Morgan fingerprint density at radius 1 is 1.24 bits per heavy atom. The summed E-state index contributed by atoms with van der Waals surface area (Å²) in [4.78, 5) is 25.7. The fourth-order valence-corrected chi connectivity index (χ4v) is 2.56. The first-order valence-corrected chi connectivity index (χ1v) is 7.87. The fraction of sp³-hybridized carbons (Fsp3) is 0.562. The van der Waals surface area contributed by atoms with Crippen LogP contribution in [0.4, 0.5) is 20.6 Å². The predicted octanol–water partition coefficient (Wildman–Crippen LogP) is 2.80. The Morgan fingerprint density at radius 2 is 1.84 bits per heavy atom. The molecule has 25 heavy (non-hydrogen) atoms. The topological polar surface area (TPSA) is 85.2 Å². The Labute approximate surface area is 145 Å². The van der Waals surface area contributed by atoms with Gasteiger partial charge in [-0.1, -0.05) is 0 Å². The number of piperazine rings is 1. The molecule has 1 aliphatic rings. The fourth-order valence-electron chi connectivity index (χ4n) is 2.56. The number of non-ortho nitro benzene ring substituents is 1. The van der Waals surface area contributed by atoms with Gasteiger partial charge >= 0.3 is 6.09 Å². The van der Waals surface area contributed by atoms with Crippen LogP contribution in [0.2, 0.25) is 0 Å². The molecule has 1 amide bonds. The van der Waals surface area contributed by atoms with Gasteiger partial charge in [-0.3, -0.25) is 10.1 Å². The third-order valence-electron chi connectivity index (χ3n) is 3.70. The Balaban J connectivity index is 2.15. The molecule has 138 valence electrons. The zero-order valence-corrected chi connectivity index (χ0v) is 14.7. The molecular formula is C16H22FN3O5. The van der Waals surface area contributed by atoms with Crippen molar-refractivity contribution in [1.29, 1.82) is 0 Å². The van der Waals surface area contributed by atoms with Gasteiger partial charge in [0, 0.05) is 32.2 Å². The van der Waals surface area contributed by atoms with Crippen molar-refractivity contribution >= 4 is 17.5 Å². The largest absolute Gasteiger partial charge is 0.492 e. The SMILES string of the molecule is COc1c(F)cc([N+](=O)[O-])cc1N1CCN(C(=O)OC(C)(C)C)CC1. The van der Waals surface area contributed by atoms with Gasteiger partial charge in [-0.25, -0.2) is 9.18 Å². The molecule has 0 radical (unpaired) electrons. The molecule has 0 atom stereocenters. The lowest BCUT2D eigenvalue weighted by Crippen LogP contribution is -2.50. The normalized spacial score (nSPS) is 15.1. The number of ether oxygens (including phenoxy) is 2. The van der Waals surface area contributed by atoms with Crippen molar-refractivity contribution in [2.45, 2.75) is 26.4 Å². The monoisotopic (exact) mass is 355 g/mol. The summed E-state index contributed by atoms with van der Waals surface area (Å²) in [6.07, 6.45) is -0.413. The minimum atomic E-state index is -0.790. The molecule has 8 nitrogen and oxygen atoms in total. The zero-order valence-electron chi connectivity index (χ0n) is 14.7. The summed E-state index contributed by atoms with van der Waals surface area (Å²) in [6.45, 7) is 6.87. The number of nitrogens with zero attached hydrogens (tertiary/aromatic N) is 3. The van der Waals surface area contributed by atoms with E-state index in [1.807, 2.05) is 0 Å². The lowest BCUT2D eigenvalue weighted by atomic mass is 10.2. The molecule has 1 aromatic rings. The summed E-state index contributed by atoms with van der Waals surface area (Å²) in [6, 6.07) is 2.12. The number of carbonyl (C=O) groups excluding carboxylic acids is 1. The maximum atomic E-state index is 14.1. The Bertz CT molecular complexity index is 666. The summed E-state index contributed by atoms with van der Waals surface area (Å²) in [5.41, 5.74) is -0.624. The molecule has 0 aromatic heterocycles. The highest BCUT2D eigenvalue weighted by Gasteiger charge is 2.28. The lowest BCUT2D eigenvalue weighted by molar-refractivity contribution is -0.385. The van der Waals surface area contributed by atoms with Crippen molar-refractivity contribution in [2.75, 3.05) is 38.2 Å². The van der Waals surface area contributed by atoms with Crippen LogP contribution in [0.25, 0.3) is 0 Å². The number of rotatable bonds is 3. The van der Waals surface area contributed by atoms with Crippen LogP contribution in [0.15, 0.2) is 12.1 Å². The van der Waals surface area contributed by atoms with Crippen molar-refractivity contribution in [3.8, 4) is 5.75 Å². The van der Waals surface area contributed by atoms with Crippen molar-refractivity contribution in [2.24, 2.45) is 0 Å². The van der Waals surface area contributed by atoms with Gasteiger partial charge < -0.3 is 19.3 Å². The second kappa shape index (κ2) is 7.12. The maximum absolute atomic E-state index is 14.1. The first-order valence-electron chi connectivity index (χ1n) is 7.87. The quantitative estimate of drug-likeness (QED) is 0.612. The molecule has 0 bridgehead atoms. The van der Waals surface area contributed by atoms with Gasteiger partial charge in [-0.2, -0.15) is 0 Å². The number of halogens is 1. The predicted molar refractivity (Wildman–Crippen MR) is 89.6 cm³/mol. The van der Waals surface area contributed by atoms with E-state index in [0.29, 0.717) is 31.9 Å². The molecule has 0 N–H and O–H groups in total. The minimum absolute atomic E-state index is 0.0451. The molecule has 0 saturated carbocycles. The van der Waals surface area contributed by atoms with Crippen molar-refractivity contribution in [3.63, 3.8) is 0 Å². The van der Waals surface area contributed by atoms with E-state index in [2.05, 4.69) is 0 Å². The van der Waals surface area contributed by atoms with Crippen LogP contribution in [-0.2, 0) is 4.74 Å². The summed E-state index contributed by atoms with van der Waals surface area (Å²) >= 11 is 0. The number of anilines is 1. The second-order valence-electron chi connectivity index (χ2n) is 6.69. The number of hydrogen-bond donors (Lipinski definition) is 0. The molecule has 2 rings (SSSR count). The van der Waals surface area contributed by atoms with Crippen LogP contribution >= 0.6 is 0 Å². The van der Waals surface area contributed by atoms with Crippen LogP contribution in [0.1, 0.15) is 20.8 Å². The summed E-state index contributed by atoms with van der Waals surface area (Å²) in [5, 5.41) is 11.0. The van der Waals surface area contributed by atoms with Crippen LogP contribution in [0, 0.1) is 15.9 Å².